The summed E-state index contributed by atoms with van der Waals surface area (Å²) in [6.45, 7) is 4.57. The van der Waals surface area contributed by atoms with E-state index < -0.39 is 5.43 Å². The van der Waals surface area contributed by atoms with Gasteiger partial charge in [-0.1, -0.05) is 90.9 Å². The summed E-state index contributed by atoms with van der Waals surface area (Å²) in [6, 6.07) is 0. The van der Waals surface area contributed by atoms with E-state index in [0.717, 1.165) is 0 Å². The highest BCUT2D eigenvalue weighted by atomic mass is 35.5. The summed E-state index contributed by atoms with van der Waals surface area (Å²) in [4.78, 5) is 8.77. The van der Waals surface area contributed by atoms with Crippen LogP contribution in [0.5, 0.6) is 0 Å². The maximum Gasteiger partial charge on any atom is 0.401 e. The molecule has 0 rings (SSSR count). The molecule has 0 amide bonds. The number of carboxylic acid groups (broad SMARTS) is 1. The van der Waals surface area contributed by atoms with Crippen molar-refractivity contribution in [3.05, 3.63) is 0 Å². The van der Waals surface area contributed by atoms with E-state index in [9.17, 15) is 0 Å². The van der Waals surface area contributed by atoms with Crippen molar-refractivity contribution >= 4 is 17.0 Å². The van der Waals surface area contributed by atoms with Crippen molar-refractivity contribution in [2.45, 2.75) is 90.9 Å². The lowest BCUT2D eigenvalue weighted by Gasteiger charge is -2.01. The highest BCUT2D eigenvalue weighted by Crippen LogP contribution is 2.11. The van der Waals surface area contributed by atoms with Crippen LogP contribution in [0.15, 0.2) is 0 Å². The van der Waals surface area contributed by atoms with Crippen LogP contribution in [0.2, 0.25) is 0 Å². The zero-order chi connectivity index (χ0) is 14.1. The Morgan fingerprint density at radius 1 is 0.722 bits per heavy atom. The predicted molar refractivity (Wildman–Crippen MR) is 80.6 cm³/mol. The van der Waals surface area contributed by atoms with Gasteiger partial charge >= 0.3 is 5.43 Å². The second-order valence-electron chi connectivity index (χ2n) is 4.79. The summed E-state index contributed by atoms with van der Waals surface area (Å²) < 4.78 is 0. The first kappa shape index (κ1) is 20.1. The maximum absolute atomic E-state index is 8.77. The molecular weight excluding hydrogens is 248 g/mol. The van der Waals surface area contributed by atoms with Crippen LogP contribution in [-0.4, -0.2) is 10.5 Å². The van der Waals surface area contributed by atoms with E-state index in [0.29, 0.717) is 0 Å². The third kappa shape index (κ3) is 29.7. The topological polar surface area (TPSA) is 37.3 Å². The summed E-state index contributed by atoms with van der Waals surface area (Å²) in [7, 11) is 0. The van der Waals surface area contributed by atoms with Gasteiger partial charge in [0.15, 0.2) is 0 Å². The van der Waals surface area contributed by atoms with Crippen LogP contribution in [-0.2, 0) is 0 Å². The number of halogens is 1. The van der Waals surface area contributed by atoms with E-state index in [2.05, 4.69) is 25.4 Å². The van der Waals surface area contributed by atoms with Crippen molar-refractivity contribution in [1.82, 2.24) is 0 Å². The Hall–Kier alpha value is -0.240. The van der Waals surface area contributed by atoms with E-state index in [1.54, 1.807) is 0 Å². The molecule has 0 fully saturated rings. The first-order chi connectivity index (χ1) is 8.65. The minimum Gasteiger partial charge on any atom is -0.469 e. The average Bonchev–Trinajstić information content (AvgIpc) is 2.31. The molecule has 0 heterocycles. The van der Waals surface area contributed by atoms with Crippen molar-refractivity contribution in [2.75, 3.05) is 0 Å². The normalized spacial score (nSPS) is 9.72. The van der Waals surface area contributed by atoms with Crippen LogP contribution in [0.1, 0.15) is 90.9 Å². The van der Waals surface area contributed by atoms with Gasteiger partial charge in [0.05, 0.1) is 0 Å². The lowest BCUT2D eigenvalue weighted by Crippen LogP contribution is -1.81. The summed E-state index contributed by atoms with van der Waals surface area (Å²) in [5, 5.41) is 7.18. The highest BCUT2D eigenvalue weighted by Gasteiger charge is 1.91. The Morgan fingerprint density at radius 2 is 0.889 bits per heavy atom. The molecule has 0 bridgehead atoms. The fourth-order valence-corrected chi connectivity index (χ4v) is 1.91. The molecule has 0 saturated carbocycles. The molecule has 0 aliphatic heterocycles. The van der Waals surface area contributed by atoms with Crippen LogP contribution in [0, 0.1) is 0 Å². The Kier molecular flexibility index (Phi) is 21.3. The second kappa shape index (κ2) is 19.1. The van der Waals surface area contributed by atoms with Crippen LogP contribution in [0.4, 0.5) is 4.79 Å². The number of hydrogen-bond acceptors (Lipinski definition) is 1. The molecule has 0 unspecified atom stereocenters. The van der Waals surface area contributed by atoms with Gasteiger partial charge in [-0.05, 0) is 0 Å². The van der Waals surface area contributed by atoms with Crippen molar-refractivity contribution in [3.8, 4) is 0 Å². The largest absolute Gasteiger partial charge is 0.469 e. The number of unbranched alkanes of at least 4 members (excludes halogenated alkanes) is 11. The average molecular weight is 279 g/mol. The van der Waals surface area contributed by atoms with Crippen LogP contribution in [0.3, 0.4) is 0 Å². The van der Waals surface area contributed by atoms with Gasteiger partial charge in [-0.3, -0.25) is 0 Å². The first-order valence-corrected chi connectivity index (χ1v) is 7.91. The van der Waals surface area contributed by atoms with E-state index in [1.165, 1.54) is 77.0 Å². The standard InChI is InChI=1S/C14H30.CHClO2/c1-3-5-7-9-11-13-14-12-10-8-6-4-2;2-1(3)4/h3-14H2,1-2H3;(H,3,4). The molecule has 0 atom stereocenters. The summed E-state index contributed by atoms with van der Waals surface area (Å²) >= 11 is 4.19. The molecule has 110 valence electrons. The van der Waals surface area contributed by atoms with Crippen LogP contribution in [0.25, 0.3) is 0 Å². The van der Waals surface area contributed by atoms with Crippen molar-refractivity contribution in [1.29, 1.82) is 0 Å². The van der Waals surface area contributed by atoms with E-state index in [1.807, 2.05) is 0 Å². The minimum atomic E-state index is -1.36. The number of hydrogen-bond donors (Lipinski definition) is 1. The monoisotopic (exact) mass is 278 g/mol. The fourth-order valence-electron chi connectivity index (χ4n) is 1.91. The Bertz CT molecular complexity index is 145. The molecule has 3 heteroatoms. The van der Waals surface area contributed by atoms with E-state index >= 15 is 0 Å². The SMILES string of the molecule is CCCCCCCCCCCCCC.O=C(O)Cl. The Labute approximate surface area is 118 Å². The van der Waals surface area contributed by atoms with Crippen molar-refractivity contribution in [2.24, 2.45) is 0 Å². The van der Waals surface area contributed by atoms with Crippen LogP contribution >= 0.6 is 11.6 Å². The third-order valence-electron chi connectivity index (χ3n) is 2.96. The summed E-state index contributed by atoms with van der Waals surface area (Å²) in [5.74, 6) is 0. The molecule has 0 aromatic rings. The first-order valence-electron chi connectivity index (χ1n) is 7.53. The molecule has 0 aromatic heterocycles. The van der Waals surface area contributed by atoms with Gasteiger partial charge in [-0.25, -0.2) is 4.79 Å². The van der Waals surface area contributed by atoms with Gasteiger partial charge in [0.2, 0.25) is 0 Å². The van der Waals surface area contributed by atoms with Gasteiger partial charge in [0, 0.05) is 11.6 Å². The number of carbonyl (C=O) groups is 1. The third-order valence-corrected chi connectivity index (χ3v) is 2.96. The lowest BCUT2D eigenvalue weighted by molar-refractivity contribution is 0.220. The lowest BCUT2D eigenvalue weighted by atomic mass is 10.1. The molecule has 0 spiro atoms. The second-order valence-corrected chi connectivity index (χ2v) is 5.11. The molecule has 0 aromatic carbocycles. The van der Waals surface area contributed by atoms with Gasteiger partial charge in [-0.15, -0.1) is 0 Å². The molecule has 0 aliphatic rings. The Morgan fingerprint density at radius 3 is 1.06 bits per heavy atom. The molecular formula is C15H31ClO2. The molecule has 18 heavy (non-hydrogen) atoms. The molecule has 0 saturated heterocycles. The number of rotatable bonds is 11. The van der Waals surface area contributed by atoms with Crippen molar-refractivity contribution < 1.29 is 9.90 Å². The Balaban J connectivity index is 0. The van der Waals surface area contributed by atoms with Gasteiger partial charge in [-0.2, -0.15) is 0 Å². The fraction of sp³-hybridized carbons (Fsp3) is 0.933. The molecule has 1 N–H and O–H groups in total. The minimum absolute atomic E-state index is 1.36. The highest BCUT2D eigenvalue weighted by molar-refractivity contribution is 6.60. The van der Waals surface area contributed by atoms with Crippen molar-refractivity contribution in [3.63, 3.8) is 0 Å². The maximum atomic E-state index is 8.77. The zero-order valence-corrected chi connectivity index (χ0v) is 13.0. The van der Waals surface area contributed by atoms with Gasteiger partial charge < -0.3 is 5.11 Å². The molecule has 0 radical (unpaired) electrons. The van der Waals surface area contributed by atoms with E-state index in [4.69, 9.17) is 9.90 Å². The zero-order valence-electron chi connectivity index (χ0n) is 12.2. The summed E-state index contributed by atoms with van der Waals surface area (Å²) in [6.07, 6.45) is 17.4. The van der Waals surface area contributed by atoms with Gasteiger partial charge in [0.25, 0.3) is 0 Å². The van der Waals surface area contributed by atoms with Crippen LogP contribution < -0.4 is 0 Å². The quantitative estimate of drug-likeness (QED) is 0.341. The van der Waals surface area contributed by atoms with E-state index in [-0.39, 0.29) is 0 Å². The summed E-state index contributed by atoms with van der Waals surface area (Å²) in [5.41, 5.74) is -1.36. The van der Waals surface area contributed by atoms with Gasteiger partial charge in [0.1, 0.15) is 0 Å². The molecule has 0 aliphatic carbocycles. The smallest absolute Gasteiger partial charge is 0.401 e. The predicted octanol–water partition coefficient (Wildman–Crippen LogP) is 6.61. The molecule has 2 nitrogen and oxygen atoms in total.